The number of alkyl carbamates (subject to hydrolysis) is 2. The number of urea groups is 1. The molecule has 12 heteroatoms. The van der Waals surface area contributed by atoms with Crippen molar-refractivity contribution in [1.29, 1.82) is 0 Å². The van der Waals surface area contributed by atoms with E-state index in [0.717, 1.165) is 83.6 Å². The van der Waals surface area contributed by atoms with Gasteiger partial charge in [0, 0.05) is 26.2 Å². The Morgan fingerprint density at radius 1 is 0.784 bits per heavy atom. The third kappa shape index (κ3) is 17.4. The fourth-order valence-electron chi connectivity index (χ4n) is 4.03. The van der Waals surface area contributed by atoms with E-state index >= 15 is 0 Å². The van der Waals surface area contributed by atoms with Gasteiger partial charge in [-0.15, -0.1) is 0 Å². The number of carbonyl (C=O) groups excluding carboxylic acids is 4. The van der Waals surface area contributed by atoms with Gasteiger partial charge in [0.25, 0.3) is 6.47 Å². The number of carbonyl (C=O) groups is 4. The maximum atomic E-state index is 12.7. The first kappa shape index (κ1) is 32.3. The molecule has 1 fully saturated rings. The van der Waals surface area contributed by atoms with Crippen LogP contribution in [-0.2, 0) is 19.0 Å². The minimum atomic E-state index is -0.534. The van der Waals surface area contributed by atoms with E-state index in [0.29, 0.717) is 32.7 Å². The van der Waals surface area contributed by atoms with Crippen molar-refractivity contribution in [2.75, 3.05) is 52.5 Å². The molecule has 1 heterocycles. The Morgan fingerprint density at radius 3 is 2.03 bits per heavy atom. The number of rotatable bonds is 20. The number of hydrogen-bond acceptors (Lipinski definition) is 8. The molecule has 214 valence electrons. The van der Waals surface area contributed by atoms with Crippen LogP contribution < -0.4 is 21.7 Å². The van der Waals surface area contributed by atoms with Crippen molar-refractivity contribution < 1.29 is 33.4 Å². The molecule has 0 radical (unpaired) electrons. The number of hydrogen-bond donors (Lipinski definition) is 4. The Labute approximate surface area is 220 Å². The summed E-state index contributed by atoms with van der Waals surface area (Å²) in [5, 5.41) is 8.39. The summed E-state index contributed by atoms with van der Waals surface area (Å²) in [4.78, 5) is 47.9. The van der Waals surface area contributed by atoms with Gasteiger partial charge in [0.15, 0.2) is 0 Å². The number of nitrogens with one attached hydrogen (secondary N) is 3. The van der Waals surface area contributed by atoms with Crippen LogP contribution in [0.5, 0.6) is 0 Å². The largest absolute Gasteiger partial charge is 0.464 e. The smallest absolute Gasteiger partial charge is 0.407 e. The Balaban J connectivity index is 2.09. The van der Waals surface area contributed by atoms with Crippen LogP contribution in [0.2, 0.25) is 0 Å². The second kappa shape index (κ2) is 22.4. The number of piperidine rings is 1. The molecule has 1 unspecified atom stereocenters. The first-order chi connectivity index (χ1) is 18.1. The molecule has 0 aromatic carbocycles. The molecule has 0 saturated carbocycles. The van der Waals surface area contributed by atoms with Crippen LogP contribution in [0.3, 0.4) is 0 Å². The average molecular weight is 530 g/mol. The number of nitrogens with two attached hydrogens (primary N) is 1. The SMILES string of the molecule is NCCCCCCCNC(=O)OCC1CCCCN1C(=O)NCCCCCCNC(=O)OCCOC=O. The topological polar surface area (TPSA) is 161 Å². The number of likely N-dealkylation sites (tertiary alicyclic amines) is 1. The van der Waals surface area contributed by atoms with E-state index in [2.05, 4.69) is 20.7 Å². The molecular formula is C25H47N5O7. The summed E-state index contributed by atoms with van der Waals surface area (Å²) in [5.41, 5.74) is 5.48. The second-order valence-corrected chi connectivity index (χ2v) is 9.10. The van der Waals surface area contributed by atoms with E-state index in [1.807, 2.05) is 0 Å². The lowest BCUT2D eigenvalue weighted by molar-refractivity contribution is -0.129. The van der Waals surface area contributed by atoms with Gasteiger partial charge in [-0.3, -0.25) is 4.79 Å². The van der Waals surface area contributed by atoms with Gasteiger partial charge in [-0.1, -0.05) is 32.1 Å². The normalized spacial score (nSPS) is 14.9. The van der Waals surface area contributed by atoms with E-state index < -0.39 is 12.2 Å². The highest BCUT2D eigenvalue weighted by molar-refractivity contribution is 5.74. The molecule has 4 amide bonds. The minimum Gasteiger partial charge on any atom is -0.464 e. The summed E-state index contributed by atoms with van der Waals surface area (Å²) < 4.78 is 14.7. The zero-order chi connectivity index (χ0) is 27.0. The van der Waals surface area contributed by atoms with Crippen molar-refractivity contribution in [3.05, 3.63) is 0 Å². The van der Waals surface area contributed by atoms with Gasteiger partial charge in [0.05, 0.1) is 6.04 Å². The van der Waals surface area contributed by atoms with Crippen LogP contribution in [0.1, 0.15) is 77.0 Å². The van der Waals surface area contributed by atoms with E-state index in [1.165, 1.54) is 0 Å². The Hall–Kier alpha value is -2.76. The minimum absolute atomic E-state index is 0.0255. The van der Waals surface area contributed by atoms with E-state index in [-0.39, 0.29) is 31.9 Å². The summed E-state index contributed by atoms with van der Waals surface area (Å²) in [6, 6.07) is -0.222. The Kier molecular flexibility index (Phi) is 19.6. The van der Waals surface area contributed by atoms with Crippen LogP contribution in [0.25, 0.3) is 0 Å². The van der Waals surface area contributed by atoms with Crippen molar-refractivity contribution in [1.82, 2.24) is 20.9 Å². The van der Waals surface area contributed by atoms with Gasteiger partial charge in [0.2, 0.25) is 0 Å². The van der Waals surface area contributed by atoms with Crippen LogP contribution in [-0.4, -0.2) is 88.2 Å². The van der Waals surface area contributed by atoms with Crippen LogP contribution in [0.15, 0.2) is 0 Å². The third-order valence-electron chi connectivity index (χ3n) is 6.10. The number of unbranched alkanes of at least 4 members (excludes halogenated alkanes) is 7. The quantitative estimate of drug-likeness (QED) is 0.106. The molecule has 1 aliphatic rings. The summed E-state index contributed by atoms with van der Waals surface area (Å²) in [6.07, 6.45) is 10.5. The van der Waals surface area contributed by atoms with Crippen LogP contribution in [0.4, 0.5) is 14.4 Å². The molecule has 0 aromatic rings. The standard InChI is InChI=1S/C25H47N5O7/c26-13-7-2-1-3-9-16-29-25(34)37-20-22-12-6-11-17-30(22)23(32)27-14-8-4-5-10-15-28-24(33)36-19-18-35-21-31/h21-22H,1-20,26H2,(H,27,32)(H,28,33)(H,29,34). The highest BCUT2D eigenvalue weighted by atomic mass is 16.6. The van der Waals surface area contributed by atoms with Gasteiger partial charge in [0.1, 0.15) is 19.8 Å². The molecule has 0 aromatic heterocycles. The maximum Gasteiger partial charge on any atom is 0.407 e. The summed E-state index contributed by atoms with van der Waals surface area (Å²) in [7, 11) is 0. The predicted octanol–water partition coefficient (Wildman–Crippen LogP) is 2.65. The van der Waals surface area contributed by atoms with E-state index in [4.69, 9.17) is 15.2 Å². The van der Waals surface area contributed by atoms with Gasteiger partial charge < -0.3 is 40.8 Å². The molecule has 0 aliphatic carbocycles. The Morgan fingerprint density at radius 2 is 1.38 bits per heavy atom. The van der Waals surface area contributed by atoms with E-state index in [9.17, 15) is 19.2 Å². The molecule has 1 atom stereocenters. The Bertz CT molecular complexity index is 639. The molecular weight excluding hydrogens is 482 g/mol. The third-order valence-corrected chi connectivity index (χ3v) is 6.10. The van der Waals surface area contributed by atoms with Crippen LogP contribution in [0, 0.1) is 0 Å². The fourth-order valence-corrected chi connectivity index (χ4v) is 4.03. The van der Waals surface area contributed by atoms with Crippen molar-refractivity contribution in [3.8, 4) is 0 Å². The van der Waals surface area contributed by atoms with Crippen LogP contribution >= 0.6 is 0 Å². The lowest BCUT2D eigenvalue weighted by Crippen LogP contribution is -2.51. The highest BCUT2D eigenvalue weighted by Gasteiger charge is 2.27. The highest BCUT2D eigenvalue weighted by Crippen LogP contribution is 2.17. The first-order valence-electron chi connectivity index (χ1n) is 13.7. The lowest BCUT2D eigenvalue weighted by atomic mass is 10.0. The molecule has 12 nitrogen and oxygen atoms in total. The van der Waals surface area contributed by atoms with Gasteiger partial charge in [-0.2, -0.15) is 0 Å². The molecule has 5 N–H and O–H groups in total. The second-order valence-electron chi connectivity index (χ2n) is 9.10. The first-order valence-corrected chi connectivity index (χ1v) is 13.7. The molecule has 1 aliphatic heterocycles. The molecule has 1 rings (SSSR count). The molecule has 37 heavy (non-hydrogen) atoms. The monoisotopic (exact) mass is 529 g/mol. The van der Waals surface area contributed by atoms with Gasteiger partial charge >= 0.3 is 18.2 Å². The van der Waals surface area contributed by atoms with Crippen molar-refractivity contribution in [2.45, 2.75) is 83.1 Å². The van der Waals surface area contributed by atoms with Crippen molar-refractivity contribution in [2.24, 2.45) is 5.73 Å². The fraction of sp³-hybridized carbons (Fsp3) is 0.840. The lowest BCUT2D eigenvalue weighted by Gasteiger charge is -2.35. The maximum absolute atomic E-state index is 12.7. The van der Waals surface area contributed by atoms with E-state index in [1.54, 1.807) is 4.90 Å². The van der Waals surface area contributed by atoms with Gasteiger partial charge in [-0.25, -0.2) is 14.4 Å². The number of ether oxygens (including phenoxy) is 3. The zero-order valence-electron chi connectivity index (χ0n) is 22.2. The van der Waals surface area contributed by atoms with Crippen molar-refractivity contribution in [3.63, 3.8) is 0 Å². The zero-order valence-corrected chi connectivity index (χ0v) is 22.2. The van der Waals surface area contributed by atoms with Gasteiger partial charge in [-0.05, 0) is 51.5 Å². The molecule has 0 bridgehead atoms. The predicted molar refractivity (Wildman–Crippen MR) is 139 cm³/mol. The molecule has 1 saturated heterocycles. The van der Waals surface area contributed by atoms with Crippen molar-refractivity contribution >= 4 is 24.7 Å². The summed E-state index contributed by atoms with van der Waals surface area (Å²) in [6.45, 7) is 3.62. The number of amides is 4. The molecule has 0 spiro atoms. The summed E-state index contributed by atoms with van der Waals surface area (Å²) in [5.74, 6) is 0. The summed E-state index contributed by atoms with van der Waals surface area (Å²) >= 11 is 0. The average Bonchev–Trinajstić information content (AvgIpc) is 2.91. The number of nitrogens with zero attached hydrogens (tertiary/aromatic N) is 1.